The summed E-state index contributed by atoms with van der Waals surface area (Å²) in [6.45, 7) is 0. The van der Waals surface area contributed by atoms with Crippen LogP contribution in [0.1, 0.15) is 10.6 Å². The van der Waals surface area contributed by atoms with Crippen molar-refractivity contribution in [2.75, 3.05) is 5.32 Å². The van der Waals surface area contributed by atoms with Gasteiger partial charge in [0.2, 0.25) is 0 Å². The number of nitro groups is 1. The van der Waals surface area contributed by atoms with Gasteiger partial charge in [0.15, 0.2) is 5.76 Å². The van der Waals surface area contributed by atoms with Crippen molar-refractivity contribution >= 4 is 28.9 Å². The summed E-state index contributed by atoms with van der Waals surface area (Å²) in [5.41, 5.74) is 0.533. The number of nitrogens with zero attached hydrogens (tertiary/aromatic N) is 1. The monoisotopic (exact) mass is 358 g/mol. The lowest BCUT2D eigenvalue weighted by Gasteiger charge is -2.05. The van der Waals surface area contributed by atoms with Crippen molar-refractivity contribution in [3.8, 4) is 17.1 Å². The Morgan fingerprint density at radius 2 is 1.92 bits per heavy atom. The summed E-state index contributed by atoms with van der Waals surface area (Å²) in [5.74, 6) is -0.318. The fourth-order valence-electron chi connectivity index (χ4n) is 2.19. The zero-order chi connectivity index (χ0) is 18.0. The molecule has 0 atom stereocenters. The van der Waals surface area contributed by atoms with Crippen molar-refractivity contribution in [2.45, 2.75) is 0 Å². The first kappa shape index (κ1) is 16.5. The first-order valence-corrected chi connectivity index (χ1v) is 7.47. The topological polar surface area (TPSA) is 106 Å². The predicted octanol–water partition coefficient (Wildman–Crippen LogP) is 4.47. The lowest BCUT2D eigenvalue weighted by Crippen LogP contribution is -2.10. The average molecular weight is 359 g/mol. The van der Waals surface area contributed by atoms with Crippen molar-refractivity contribution in [1.82, 2.24) is 0 Å². The number of halogens is 1. The zero-order valence-corrected chi connectivity index (χ0v) is 13.4. The van der Waals surface area contributed by atoms with E-state index in [9.17, 15) is 20.0 Å². The van der Waals surface area contributed by atoms with E-state index >= 15 is 0 Å². The number of carbonyl (C=O) groups is 1. The summed E-state index contributed by atoms with van der Waals surface area (Å²) in [6.07, 6.45) is 0. The number of furan rings is 1. The van der Waals surface area contributed by atoms with Crippen LogP contribution in [0.25, 0.3) is 11.3 Å². The maximum absolute atomic E-state index is 12.2. The highest BCUT2D eigenvalue weighted by molar-refractivity contribution is 6.33. The third-order valence-electron chi connectivity index (χ3n) is 3.41. The first-order chi connectivity index (χ1) is 12.0. The van der Waals surface area contributed by atoms with Gasteiger partial charge in [-0.1, -0.05) is 23.7 Å². The highest BCUT2D eigenvalue weighted by Gasteiger charge is 2.17. The van der Waals surface area contributed by atoms with Crippen molar-refractivity contribution in [3.63, 3.8) is 0 Å². The Balaban J connectivity index is 1.84. The van der Waals surface area contributed by atoms with E-state index < -0.39 is 10.8 Å². The van der Waals surface area contributed by atoms with Gasteiger partial charge in [-0.15, -0.1) is 0 Å². The van der Waals surface area contributed by atoms with Crippen LogP contribution in [0.15, 0.2) is 59.0 Å². The van der Waals surface area contributed by atoms with E-state index in [2.05, 4.69) is 5.32 Å². The summed E-state index contributed by atoms with van der Waals surface area (Å²) < 4.78 is 5.48. The highest BCUT2D eigenvalue weighted by atomic mass is 35.5. The third kappa shape index (κ3) is 3.46. The Morgan fingerprint density at radius 3 is 2.60 bits per heavy atom. The number of para-hydroxylation sites is 2. The van der Waals surface area contributed by atoms with Crippen molar-refractivity contribution < 1.29 is 19.2 Å². The van der Waals surface area contributed by atoms with Gasteiger partial charge in [-0.05, 0) is 30.3 Å². The second-order valence-corrected chi connectivity index (χ2v) is 5.46. The van der Waals surface area contributed by atoms with Crippen LogP contribution in [-0.2, 0) is 0 Å². The van der Waals surface area contributed by atoms with Gasteiger partial charge in [0.05, 0.1) is 15.6 Å². The Labute approximate surface area is 146 Å². The zero-order valence-electron chi connectivity index (χ0n) is 12.6. The van der Waals surface area contributed by atoms with Gasteiger partial charge in [0.25, 0.3) is 11.6 Å². The van der Waals surface area contributed by atoms with E-state index in [0.717, 1.165) is 0 Å². The number of nitrogens with one attached hydrogen (secondary N) is 1. The number of anilines is 1. The molecule has 0 aliphatic rings. The van der Waals surface area contributed by atoms with Crippen LogP contribution < -0.4 is 5.32 Å². The molecule has 0 bridgehead atoms. The lowest BCUT2D eigenvalue weighted by atomic mass is 10.1. The maximum atomic E-state index is 12.2. The number of phenols is 1. The lowest BCUT2D eigenvalue weighted by molar-refractivity contribution is -0.384. The van der Waals surface area contributed by atoms with E-state index in [1.807, 2.05) is 0 Å². The quantitative estimate of drug-likeness (QED) is 0.406. The Morgan fingerprint density at radius 1 is 1.16 bits per heavy atom. The minimum absolute atomic E-state index is 0.00710. The van der Waals surface area contributed by atoms with Crippen LogP contribution in [-0.4, -0.2) is 15.9 Å². The number of carbonyl (C=O) groups excluding carboxylic acids is 1. The second kappa shape index (κ2) is 6.66. The number of phenolic OH excluding ortho intramolecular Hbond substituents is 1. The number of rotatable bonds is 4. The van der Waals surface area contributed by atoms with Gasteiger partial charge in [-0.2, -0.15) is 0 Å². The molecule has 25 heavy (non-hydrogen) atoms. The molecule has 0 spiro atoms. The molecule has 1 aromatic heterocycles. The van der Waals surface area contributed by atoms with Gasteiger partial charge >= 0.3 is 0 Å². The molecule has 3 rings (SSSR count). The molecule has 2 aromatic carbocycles. The van der Waals surface area contributed by atoms with Crippen LogP contribution in [0.4, 0.5) is 11.4 Å². The van der Waals surface area contributed by atoms with Gasteiger partial charge in [-0.25, -0.2) is 0 Å². The van der Waals surface area contributed by atoms with E-state index in [-0.39, 0.29) is 27.9 Å². The number of amides is 1. The first-order valence-electron chi connectivity index (χ1n) is 7.09. The minimum atomic E-state index is -0.553. The van der Waals surface area contributed by atoms with Gasteiger partial charge < -0.3 is 14.8 Å². The highest BCUT2D eigenvalue weighted by Crippen LogP contribution is 2.32. The molecule has 126 valence electrons. The smallest absolute Gasteiger partial charge is 0.291 e. The van der Waals surface area contributed by atoms with Crippen molar-refractivity contribution in [1.29, 1.82) is 0 Å². The molecule has 0 saturated heterocycles. The van der Waals surface area contributed by atoms with Crippen LogP contribution in [0.3, 0.4) is 0 Å². The van der Waals surface area contributed by atoms with Gasteiger partial charge in [0, 0.05) is 17.7 Å². The van der Waals surface area contributed by atoms with E-state index in [1.165, 1.54) is 36.4 Å². The number of benzene rings is 2. The largest absolute Gasteiger partial charge is 0.506 e. The molecule has 0 radical (unpaired) electrons. The van der Waals surface area contributed by atoms with Crippen LogP contribution in [0.5, 0.6) is 5.75 Å². The molecular weight excluding hydrogens is 348 g/mol. The second-order valence-electron chi connectivity index (χ2n) is 5.06. The molecule has 3 aromatic rings. The maximum Gasteiger partial charge on any atom is 0.291 e. The number of non-ortho nitro benzene ring substituents is 1. The van der Waals surface area contributed by atoms with Gasteiger partial charge in [0.1, 0.15) is 11.5 Å². The Bertz CT molecular complexity index is 967. The van der Waals surface area contributed by atoms with E-state index in [1.54, 1.807) is 18.2 Å². The molecule has 1 amide bonds. The average Bonchev–Trinajstić information content (AvgIpc) is 3.06. The third-order valence-corrected chi connectivity index (χ3v) is 3.72. The molecule has 2 N–H and O–H groups in total. The number of nitro benzene ring substituents is 1. The molecule has 1 heterocycles. The summed E-state index contributed by atoms with van der Waals surface area (Å²) >= 11 is 6.05. The number of aromatic hydroxyl groups is 1. The molecular formula is C17H11ClN2O5. The molecule has 0 aliphatic carbocycles. The Kier molecular flexibility index (Phi) is 4.40. The molecule has 0 aliphatic heterocycles. The SMILES string of the molecule is O=C(Nc1ccccc1O)c1ccc(-c2ccc([N+](=O)[O-])cc2Cl)o1. The van der Waals surface area contributed by atoms with E-state index in [0.29, 0.717) is 11.3 Å². The number of hydrogen-bond acceptors (Lipinski definition) is 5. The summed E-state index contributed by atoms with van der Waals surface area (Å²) in [7, 11) is 0. The molecule has 7 nitrogen and oxygen atoms in total. The summed E-state index contributed by atoms with van der Waals surface area (Å²) in [4.78, 5) is 22.4. The molecule has 0 saturated carbocycles. The standard InChI is InChI=1S/C17H11ClN2O5/c18-12-9-10(20(23)24)5-6-11(12)15-7-8-16(25-15)17(22)19-13-3-1-2-4-14(13)21/h1-9,21H,(H,19,22). The predicted molar refractivity (Wildman–Crippen MR) is 91.9 cm³/mol. The van der Waals surface area contributed by atoms with E-state index in [4.69, 9.17) is 16.0 Å². The fraction of sp³-hybridized carbons (Fsp3) is 0. The van der Waals surface area contributed by atoms with Crippen LogP contribution >= 0.6 is 11.6 Å². The van der Waals surface area contributed by atoms with Crippen LogP contribution in [0.2, 0.25) is 5.02 Å². The van der Waals surface area contributed by atoms with Crippen LogP contribution in [0, 0.1) is 10.1 Å². The normalized spacial score (nSPS) is 10.4. The fourth-order valence-corrected chi connectivity index (χ4v) is 2.45. The summed E-state index contributed by atoms with van der Waals surface area (Å²) in [6, 6.07) is 13.2. The molecule has 8 heteroatoms. The minimum Gasteiger partial charge on any atom is -0.506 e. The number of hydrogen-bond donors (Lipinski definition) is 2. The van der Waals surface area contributed by atoms with Crippen molar-refractivity contribution in [3.05, 3.63) is 75.5 Å². The molecule has 0 unspecified atom stereocenters. The summed E-state index contributed by atoms with van der Waals surface area (Å²) in [5, 5.41) is 23.1. The Hall–Kier alpha value is -3.32. The van der Waals surface area contributed by atoms with Gasteiger partial charge in [-0.3, -0.25) is 14.9 Å². The van der Waals surface area contributed by atoms with Crippen molar-refractivity contribution in [2.24, 2.45) is 0 Å². The molecule has 0 fully saturated rings.